The van der Waals surface area contributed by atoms with E-state index >= 15 is 0 Å². The highest BCUT2D eigenvalue weighted by atomic mass is 14.3. The monoisotopic (exact) mass is 166 g/mol. The van der Waals surface area contributed by atoms with Crippen molar-refractivity contribution in [1.82, 2.24) is 0 Å². The third kappa shape index (κ3) is 4.44. The van der Waals surface area contributed by atoms with Gasteiger partial charge in [-0.25, -0.2) is 0 Å². The summed E-state index contributed by atoms with van der Waals surface area (Å²) >= 11 is 0. The number of hydrogen-bond donors (Lipinski definition) is 0. The molecule has 0 aliphatic rings. The minimum atomic E-state index is 0.482. The Hall–Kier alpha value is -0.440. The largest absolute Gasteiger partial charge is 0.107 e. The van der Waals surface area contributed by atoms with Gasteiger partial charge in [0.15, 0.2) is 0 Å². The van der Waals surface area contributed by atoms with Gasteiger partial charge in [0.1, 0.15) is 0 Å². The van der Waals surface area contributed by atoms with Crippen molar-refractivity contribution in [3.8, 4) is 11.8 Å². The summed E-state index contributed by atoms with van der Waals surface area (Å²) in [6.45, 7) is 11.2. The van der Waals surface area contributed by atoms with Crippen LogP contribution in [0.1, 0.15) is 53.9 Å². The maximum absolute atomic E-state index is 3.11. The maximum atomic E-state index is 3.11. The number of rotatable bonds is 4. The number of unbranched alkanes of at least 4 members (excludes halogenated alkanes) is 1. The number of hydrogen-bond acceptors (Lipinski definition) is 0. The molecule has 0 aromatic heterocycles. The molecule has 0 unspecified atom stereocenters. The lowest BCUT2D eigenvalue weighted by atomic mass is 9.77. The Morgan fingerprint density at radius 2 is 1.83 bits per heavy atom. The highest BCUT2D eigenvalue weighted by molar-refractivity contribution is 4.94. The maximum Gasteiger partial charge on any atom is 0.00887 e. The highest BCUT2D eigenvalue weighted by Gasteiger charge is 2.20. The molecule has 0 spiro atoms. The molecule has 0 N–H and O–H groups in total. The van der Waals surface area contributed by atoms with E-state index in [0.717, 1.165) is 12.3 Å². The Bertz CT molecular complexity index is 164. The lowest BCUT2D eigenvalue weighted by Gasteiger charge is -2.28. The average molecular weight is 166 g/mol. The van der Waals surface area contributed by atoms with Crippen LogP contribution in [0.5, 0.6) is 0 Å². The Labute approximate surface area is 77.8 Å². The van der Waals surface area contributed by atoms with Crippen molar-refractivity contribution in [3.63, 3.8) is 0 Å². The van der Waals surface area contributed by atoms with Crippen LogP contribution in [0, 0.1) is 23.2 Å². The van der Waals surface area contributed by atoms with Crippen LogP contribution < -0.4 is 0 Å². The molecule has 0 saturated heterocycles. The summed E-state index contributed by atoms with van der Waals surface area (Å²) in [5.74, 6) is 6.81. The Morgan fingerprint density at radius 3 is 2.25 bits per heavy atom. The second-order valence-corrected chi connectivity index (χ2v) is 4.42. The molecule has 0 rings (SSSR count). The smallest absolute Gasteiger partial charge is 0.00887 e. The van der Waals surface area contributed by atoms with Gasteiger partial charge in [-0.1, -0.05) is 27.7 Å². The van der Waals surface area contributed by atoms with E-state index in [4.69, 9.17) is 0 Å². The second kappa shape index (κ2) is 5.25. The molecule has 0 nitrogen and oxygen atoms in total. The van der Waals surface area contributed by atoms with Crippen molar-refractivity contribution in [2.75, 3.05) is 0 Å². The van der Waals surface area contributed by atoms with Crippen molar-refractivity contribution >= 4 is 0 Å². The standard InChI is InChI=1S/C12H22/c1-6-7-8-9-10-12(4,5)11(2)3/h11H,8-10H2,1-5H3. The van der Waals surface area contributed by atoms with Crippen LogP contribution in [0.4, 0.5) is 0 Å². The van der Waals surface area contributed by atoms with Gasteiger partial charge in [0.05, 0.1) is 0 Å². The summed E-state index contributed by atoms with van der Waals surface area (Å²) in [5.41, 5.74) is 0.482. The van der Waals surface area contributed by atoms with E-state index in [9.17, 15) is 0 Å². The van der Waals surface area contributed by atoms with Crippen molar-refractivity contribution in [1.29, 1.82) is 0 Å². The van der Waals surface area contributed by atoms with E-state index < -0.39 is 0 Å². The molecule has 0 radical (unpaired) electrons. The molecule has 0 heterocycles. The lowest BCUT2D eigenvalue weighted by molar-refractivity contribution is 0.224. The fourth-order valence-electron chi connectivity index (χ4n) is 1.05. The summed E-state index contributed by atoms with van der Waals surface area (Å²) in [4.78, 5) is 0. The van der Waals surface area contributed by atoms with Crippen LogP contribution in [-0.2, 0) is 0 Å². The molecule has 0 aromatic carbocycles. The lowest BCUT2D eigenvalue weighted by Crippen LogP contribution is -2.18. The second-order valence-electron chi connectivity index (χ2n) is 4.42. The van der Waals surface area contributed by atoms with Gasteiger partial charge >= 0.3 is 0 Å². The molecule has 0 aromatic rings. The van der Waals surface area contributed by atoms with Gasteiger partial charge in [0.2, 0.25) is 0 Å². The van der Waals surface area contributed by atoms with Gasteiger partial charge in [-0.05, 0) is 31.1 Å². The van der Waals surface area contributed by atoms with Gasteiger partial charge in [-0.15, -0.1) is 11.8 Å². The molecule has 0 atom stereocenters. The normalized spacial score (nSPS) is 11.2. The third-order valence-electron chi connectivity index (χ3n) is 2.86. The van der Waals surface area contributed by atoms with Crippen LogP contribution in [0.2, 0.25) is 0 Å². The van der Waals surface area contributed by atoms with E-state index in [1.54, 1.807) is 0 Å². The zero-order chi connectivity index (χ0) is 9.61. The zero-order valence-corrected chi connectivity index (χ0v) is 9.20. The molecular formula is C12H22. The van der Waals surface area contributed by atoms with E-state index in [2.05, 4.69) is 39.5 Å². The van der Waals surface area contributed by atoms with Gasteiger partial charge in [0.25, 0.3) is 0 Å². The highest BCUT2D eigenvalue weighted by Crippen LogP contribution is 2.31. The minimum absolute atomic E-state index is 0.482. The van der Waals surface area contributed by atoms with Crippen LogP contribution in [0.25, 0.3) is 0 Å². The predicted molar refractivity (Wildman–Crippen MR) is 55.9 cm³/mol. The minimum Gasteiger partial charge on any atom is -0.107 e. The van der Waals surface area contributed by atoms with Crippen LogP contribution >= 0.6 is 0 Å². The Morgan fingerprint density at radius 1 is 1.25 bits per heavy atom. The fraction of sp³-hybridized carbons (Fsp3) is 0.833. The first-order chi connectivity index (χ1) is 5.50. The van der Waals surface area contributed by atoms with Gasteiger partial charge in [0, 0.05) is 6.42 Å². The van der Waals surface area contributed by atoms with Gasteiger partial charge in [-0.3, -0.25) is 0 Å². The first kappa shape index (κ1) is 11.6. The zero-order valence-electron chi connectivity index (χ0n) is 9.20. The summed E-state index contributed by atoms with van der Waals surface area (Å²) in [6.07, 6.45) is 3.60. The van der Waals surface area contributed by atoms with Crippen molar-refractivity contribution < 1.29 is 0 Å². The van der Waals surface area contributed by atoms with Crippen molar-refractivity contribution in [2.24, 2.45) is 11.3 Å². The molecule has 70 valence electrons. The summed E-state index contributed by atoms with van der Waals surface area (Å²) in [7, 11) is 0. The molecule has 12 heavy (non-hydrogen) atoms. The topological polar surface area (TPSA) is 0 Å². The molecule has 0 aliphatic carbocycles. The molecule has 0 fully saturated rings. The quantitative estimate of drug-likeness (QED) is 0.439. The van der Waals surface area contributed by atoms with Crippen LogP contribution in [0.15, 0.2) is 0 Å². The van der Waals surface area contributed by atoms with Crippen molar-refractivity contribution in [3.05, 3.63) is 0 Å². The molecule has 0 amide bonds. The summed E-state index contributed by atoms with van der Waals surface area (Å²) < 4.78 is 0. The summed E-state index contributed by atoms with van der Waals surface area (Å²) in [6, 6.07) is 0. The van der Waals surface area contributed by atoms with Gasteiger partial charge in [-0.2, -0.15) is 0 Å². The average Bonchev–Trinajstić information content (AvgIpc) is 1.98. The predicted octanol–water partition coefficient (Wildman–Crippen LogP) is 3.86. The molecule has 0 heteroatoms. The van der Waals surface area contributed by atoms with E-state index in [1.807, 2.05) is 6.92 Å². The third-order valence-corrected chi connectivity index (χ3v) is 2.86. The van der Waals surface area contributed by atoms with Crippen LogP contribution in [-0.4, -0.2) is 0 Å². The van der Waals surface area contributed by atoms with E-state index in [0.29, 0.717) is 5.41 Å². The molecule has 0 bridgehead atoms. The van der Waals surface area contributed by atoms with E-state index in [1.165, 1.54) is 12.8 Å². The van der Waals surface area contributed by atoms with Crippen molar-refractivity contribution in [2.45, 2.75) is 53.9 Å². The molecule has 0 saturated carbocycles. The molecular weight excluding hydrogens is 144 g/mol. The first-order valence-electron chi connectivity index (χ1n) is 4.90. The SMILES string of the molecule is CC#CCCCC(C)(C)C(C)C. The molecule has 0 aliphatic heterocycles. The first-order valence-corrected chi connectivity index (χ1v) is 4.90. The van der Waals surface area contributed by atoms with E-state index in [-0.39, 0.29) is 0 Å². The Kier molecular flexibility index (Phi) is 5.06. The van der Waals surface area contributed by atoms with Crippen LogP contribution in [0.3, 0.4) is 0 Å². The van der Waals surface area contributed by atoms with Gasteiger partial charge < -0.3 is 0 Å². The fourth-order valence-corrected chi connectivity index (χ4v) is 1.05. The Balaban J connectivity index is 3.66. The summed E-state index contributed by atoms with van der Waals surface area (Å²) in [5, 5.41) is 0.